The number of aryl methyl sites for hydroxylation is 1. The van der Waals surface area contributed by atoms with Gasteiger partial charge in [-0.3, -0.25) is 0 Å². The summed E-state index contributed by atoms with van der Waals surface area (Å²) in [5.41, 5.74) is 1.72. The molecule has 8 nitrogen and oxygen atoms in total. The van der Waals surface area contributed by atoms with Gasteiger partial charge in [0.2, 0.25) is 5.95 Å². The lowest BCUT2D eigenvalue weighted by Crippen LogP contribution is -2.67. The zero-order valence-electron chi connectivity index (χ0n) is 18.4. The Balaban J connectivity index is 1.52. The van der Waals surface area contributed by atoms with Crippen molar-refractivity contribution in [3.05, 3.63) is 42.6 Å². The molecule has 1 saturated heterocycles. The Labute approximate surface area is 181 Å². The number of rotatable bonds is 4. The first kappa shape index (κ1) is 21.2. The molecule has 0 radical (unpaired) electrons. The van der Waals surface area contributed by atoms with Crippen LogP contribution in [0.25, 0.3) is 16.9 Å². The molecule has 2 unspecified atom stereocenters. The van der Waals surface area contributed by atoms with Crippen molar-refractivity contribution in [3.8, 4) is 22.7 Å². The lowest BCUT2D eigenvalue weighted by atomic mass is 9.78. The van der Waals surface area contributed by atoms with Crippen LogP contribution in [0.1, 0.15) is 39.8 Å². The summed E-state index contributed by atoms with van der Waals surface area (Å²) in [5.74, 6) is 0.321. The number of alkyl halides is 1. The van der Waals surface area contributed by atoms with Crippen molar-refractivity contribution >= 4 is 5.95 Å². The second-order valence-electron chi connectivity index (χ2n) is 9.38. The number of phenolic OH excluding ortho intramolecular Hbond substituents is 1. The van der Waals surface area contributed by atoms with Gasteiger partial charge in [-0.2, -0.15) is 0 Å². The van der Waals surface area contributed by atoms with E-state index in [0.717, 1.165) is 11.4 Å². The molecular formula is C22H28FN7O. The molecule has 3 N–H and O–H groups in total. The minimum absolute atomic E-state index is 0.0614. The second kappa shape index (κ2) is 7.56. The van der Waals surface area contributed by atoms with Gasteiger partial charge in [0, 0.05) is 28.9 Å². The van der Waals surface area contributed by atoms with Crippen LogP contribution < -0.4 is 10.6 Å². The summed E-state index contributed by atoms with van der Waals surface area (Å²) in [6, 6.07) is 4.81. The summed E-state index contributed by atoms with van der Waals surface area (Å²) in [7, 11) is 0. The van der Waals surface area contributed by atoms with Crippen LogP contribution in [0.2, 0.25) is 0 Å². The number of halogens is 1. The van der Waals surface area contributed by atoms with Gasteiger partial charge in [0.05, 0.1) is 29.9 Å². The lowest BCUT2D eigenvalue weighted by molar-refractivity contribution is 0.0654. The molecule has 3 heterocycles. The number of nitrogens with zero attached hydrogens (tertiary/aromatic N) is 5. The smallest absolute Gasteiger partial charge is 0.243 e. The van der Waals surface area contributed by atoms with E-state index in [-0.39, 0.29) is 17.2 Å². The number of aromatic nitrogens is 5. The molecule has 9 heteroatoms. The van der Waals surface area contributed by atoms with E-state index in [2.05, 4.69) is 44.6 Å². The van der Waals surface area contributed by atoms with E-state index in [9.17, 15) is 9.50 Å². The van der Waals surface area contributed by atoms with Gasteiger partial charge in [-0.1, -0.05) is 0 Å². The minimum atomic E-state index is -1.12. The summed E-state index contributed by atoms with van der Waals surface area (Å²) in [4.78, 5) is 8.50. The van der Waals surface area contributed by atoms with Gasteiger partial charge in [0.1, 0.15) is 17.6 Å². The number of nitrogens with one attached hydrogen (secondary N) is 2. The summed E-state index contributed by atoms with van der Waals surface area (Å²) < 4.78 is 16.8. The van der Waals surface area contributed by atoms with Gasteiger partial charge in [0.25, 0.3) is 0 Å². The second-order valence-corrected chi connectivity index (χ2v) is 9.38. The van der Waals surface area contributed by atoms with Gasteiger partial charge in [0.15, 0.2) is 0 Å². The van der Waals surface area contributed by atoms with Crippen LogP contribution in [-0.4, -0.2) is 53.1 Å². The fourth-order valence-electron chi connectivity index (χ4n) is 4.36. The number of piperidine rings is 1. The fraction of sp³-hybridized carbons (Fsp3) is 0.455. The highest BCUT2D eigenvalue weighted by molar-refractivity contribution is 5.68. The number of anilines is 1. The van der Waals surface area contributed by atoms with Crippen LogP contribution in [0.3, 0.4) is 0 Å². The van der Waals surface area contributed by atoms with E-state index in [1.165, 1.54) is 6.20 Å². The number of hydrogen-bond donors (Lipinski definition) is 3. The molecule has 0 bridgehead atoms. The SMILES string of the molecule is Cc1cn(-c2ccc(-c3cnc(NC4CC(C)(C)NC(C)(C)C4F)nn3)c(O)c2)cn1. The van der Waals surface area contributed by atoms with Gasteiger partial charge in [-0.25, -0.2) is 14.4 Å². The number of aromatic hydroxyl groups is 1. The molecule has 1 aliphatic heterocycles. The Hall–Kier alpha value is -3.07. The predicted octanol–water partition coefficient (Wildman–Crippen LogP) is 3.41. The Morgan fingerprint density at radius 1 is 1.19 bits per heavy atom. The summed E-state index contributed by atoms with van der Waals surface area (Å²) in [6.07, 6.45) is 4.55. The zero-order valence-corrected chi connectivity index (χ0v) is 18.4. The highest BCUT2D eigenvalue weighted by Gasteiger charge is 2.46. The molecule has 1 aliphatic rings. The van der Waals surface area contributed by atoms with Crippen molar-refractivity contribution in [1.82, 2.24) is 30.0 Å². The first-order valence-corrected chi connectivity index (χ1v) is 10.3. The summed E-state index contributed by atoms with van der Waals surface area (Å²) in [5, 5.41) is 25.2. The molecule has 2 aromatic heterocycles. The first-order valence-electron chi connectivity index (χ1n) is 10.3. The molecule has 2 atom stereocenters. The van der Waals surface area contributed by atoms with Crippen LogP contribution in [0, 0.1) is 6.92 Å². The van der Waals surface area contributed by atoms with Crippen molar-refractivity contribution in [2.45, 2.75) is 64.3 Å². The van der Waals surface area contributed by atoms with Crippen molar-refractivity contribution in [3.63, 3.8) is 0 Å². The van der Waals surface area contributed by atoms with E-state index in [1.54, 1.807) is 18.5 Å². The average Bonchev–Trinajstić information content (AvgIpc) is 3.12. The molecule has 0 aliphatic carbocycles. The van der Waals surface area contributed by atoms with Crippen molar-refractivity contribution in [2.24, 2.45) is 0 Å². The molecular weight excluding hydrogens is 397 g/mol. The maximum Gasteiger partial charge on any atom is 0.243 e. The Bertz CT molecular complexity index is 1080. The normalized spacial score (nSPS) is 22.3. The highest BCUT2D eigenvalue weighted by Crippen LogP contribution is 2.33. The van der Waals surface area contributed by atoms with Crippen LogP contribution in [-0.2, 0) is 0 Å². The van der Waals surface area contributed by atoms with Gasteiger partial charge in [-0.05, 0) is 53.2 Å². The van der Waals surface area contributed by atoms with E-state index < -0.39 is 17.8 Å². The van der Waals surface area contributed by atoms with Gasteiger partial charge >= 0.3 is 0 Å². The summed E-state index contributed by atoms with van der Waals surface area (Å²) >= 11 is 0. The van der Waals surface area contributed by atoms with Crippen LogP contribution in [0.15, 0.2) is 36.9 Å². The van der Waals surface area contributed by atoms with E-state index in [4.69, 9.17) is 0 Å². The molecule has 0 spiro atoms. The van der Waals surface area contributed by atoms with Crippen molar-refractivity contribution < 1.29 is 9.50 Å². The molecule has 0 saturated carbocycles. The van der Waals surface area contributed by atoms with Crippen LogP contribution >= 0.6 is 0 Å². The topological polar surface area (TPSA) is 101 Å². The lowest BCUT2D eigenvalue weighted by Gasteiger charge is -2.48. The summed E-state index contributed by atoms with van der Waals surface area (Å²) in [6.45, 7) is 9.71. The first-order chi connectivity index (χ1) is 14.5. The largest absolute Gasteiger partial charge is 0.507 e. The quantitative estimate of drug-likeness (QED) is 0.589. The zero-order chi connectivity index (χ0) is 22.4. The Morgan fingerprint density at radius 2 is 1.97 bits per heavy atom. The highest BCUT2D eigenvalue weighted by atomic mass is 19.1. The van der Waals surface area contributed by atoms with E-state index in [0.29, 0.717) is 17.7 Å². The van der Waals surface area contributed by atoms with E-state index >= 15 is 0 Å². The van der Waals surface area contributed by atoms with Gasteiger partial charge < -0.3 is 20.3 Å². The van der Waals surface area contributed by atoms with E-state index in [1.807, 2.05) is 37.6 Å². The van der Waals surface area contributed by atoms with Crippen LogP contribution in [0.5, 0.6) is 5.75 Å². The molecule has 0 amide bonds. The molecule has 164 valence electrons. The monoisotopic (exact) mass is 425 g/mol. The maximum absolute atomic E-state index is 15.0. The number of phenols is 1. The van der Waals surface area contributed by atoms with Crippen LogP contribution in [0.4, 0.5) is 10.3 Å². The van der Waals surface area contributed by atoms with Crippen molar-refractivity contribution in [1.29, 1.82) is 0 Å². The molecule has 1 aromatic carbocycles. The van der Waals surface area contributed by atoms with Gasteiger partial charge in [-0.15, -0.1) is 10.2 Å². The third kappa shape index (κ3) is 4.36. The Morgan fingerprint density at radius 3 is 2.58 bits per heavy atom. The number of hydrogen-bond acceptors (Lipinski definition) is 7. The average molecular weight is 426 g/mol. The Kier molecular flexibility index (Phi) is 5.17. The number of benzene rings is 1. The molecule has 1 fully saturated rings. The fourth-order valence-corrected chi connectivity index (χ4v) is 4.36. The third-order valence-electron chi connectivity index (χ3n) is 5.58. The number of imidazole rings is 1. The maximum atomic E-state index is 15.0. The predicted molar refractivity (Wildman–Crippen MR) is 117 cm³/mol. The standard InChI is InChI=1S/C22H28FN7O/c1-13-11-30(12-25-13)14-6-7-15(18(31)8-14)17-10-24-20(28-27-17)26-16-9-21(2,3)29-22(4,5)19(16)23/h6-8,10-12,16,19,29,31H,9H2,1-5H3,(H,24,26,28). The molecule has 3 aromatic rings. The molecule has 4 rings (SSSR count). The van der Waals surface area contributed by atoms with Crippen molar-refractivity contribution in [2.75, 3.05) is 5.32 Å². The minimum Gasteiger partial charge on any atom is -0.507 e. The molecule has 31 heavy (non-hydrogen) atoms. The third-order valence-corrected chi connectivity index (χ3v) is 5.58.